The first kappa shape index (κ1) is 26.9. The maximum absolute atomic E-state index is 13.6. The van der Waals surface area contributed by atoms with E-state index in [4.69, 9.17) is 4.74 Å². The Morgan fingerprint density at radius 3 is 2.42 bits per heavy atom. The van der Waals surface area contributed by atoms with Crippen LogP contribution in [-0.4, -0.2) is 59.2 Å². The van der Waals surface area contributed by atoms with E-state index >= 15 is 0 Å². The second-order valence-electron chi connectivity index (χ2n) is 9.95. The van der Waals surface area contributed by atoms with Gasteiger partial charge in [-0.05, 0) is 49.1 Å². The van der Waals surface area contributed by atoms with Crippen molar-refractivity contribution in [2.75, 3.05) is 0 Å². The smallest absolute Gasteiger partial charge is 0.338 e. The minimum atomic E-state index is -6.11. The molecule has 1 aliphatic heterocycles. The summed E-state index contributed by atoms with van der Waals surface area (Å²) in [5.41, 5.74) is 0.270. The van der Waals surface area contributed by atoms with E-state index in [0.29, 0.717) is 6.42 Å². The van der Waals surface area contributed by atoms with E-state index < -0.39 is 63.8 Å². The Morgan fingerprint density at radius 1 is 1.13 bits per heavy atom. The molecule has 1 heterocycles. The number of fused-ring (bicyclic) bond motifs is 2. The molecule has 2 saturated carbocycles. The normalized spacial score (nSPS) is 28.1. The first-order valence-corrected chi connectivity index (χ1v) is 13.1. The van der Waals surface area contributed by atoms with Crippen molar-refractivity contribution < 1.29 is 45.6 Å². The van der Waals surface area contributed by atoms with Gasteiger partial charge in [-0.2, -0.15) is 0 Å². The van der Waals surface area contributed by atoms with Gasteiger partial charge in [0.15, 0.2) is 0 Å². The van der Waals surface area contributed by atoms with Gasteiger partial charge in [0.05, 0.1) is 23.4 Å². The number of hydrogen-bond donors (Lipinski definition) is 0. The van der Waals surface area contributed by atoms with Crippen molar-refractivity contribution in [2.45, 2.75) is 43.7 Å². The Kier molecular flexibility index (Phi) is 6.39. The number of amides is 1. The summed E-state index contributed by atoms with van der Waals surface area (Å²) in [4.78, 5) is 40.8. The molecule has 2 bridgehead atoms. The molecule has 5 rings (SSSR count). The summed E-state index contributed by atoms with van der Waals surface area (Å²) in [6.45, 7) is 2.94. The van der Waals surface area contributed by atoms with Gasteiger partial charge in [0.25, 0.3) is 11.2 Å². The molecule has 200 valence electrons. The molecule has 6 unspecified atom stereocenters. The van der Waals surface area contributed by atoms with Crippen LogP contribution in [0.2, 0.25) is 0 Å². The summed E-state index contributed by atoms with van der Waals surface area (Å²) in [7, 11) is -6.11. The molecule has 2 aromatic rings. The van der Waals surface area contributed by atoms with Crippen LogP contribution in [0, 0.1) is 30.3 Å². The molecule has 1 saturated heterocycles. The Morgan fingerprint density at radius 2 is 1.79 bits per heavy atom. The number of ether oxygens (including phenoxy) is 2. The minimum Gasteiger partial charge on any atom is -0.746 e. The number of likely N-dealkylation sites (tertiary alicyclic amines) is 1. The summed E-state index contributed by atoms with van der Waals surface area (Å²) in [5.74, 6) is -5.54. The number of hydrogen-bond acceptors (Lipinski definition) is 8. The maximum Gasteiger partial charge on any atom is 0.338 e. The second-order valence-corrected chi connectivity index (χ2v) is 11.4. The van der Waals surface area contributed by atoms with Crippen LogP contribution in [0.5, 0.6) is 0 Å². The first-order valence-electron chi connectivity index (χ1n) is 11.7. The molecular weight excluding hydrogens is 779 g/mol. The summed E-state index contributed by atoms with van der Waals surface area (Å²) in [6, 6.07) is 11.7. The van der Waals surface area contributed by atoms with Crippen LogP contribution >= 0.6 is 0 Å². The van der Waals surface area contributed by atoms with Crippen molar-refractivity contribution in [1.82, 2.24) is 4.90 Å². The number of halogens is 2. The number of carbonyl (C=O) groups is 3. The number of rotatable bonds is 7. The quantitative estimate of drug-likeness (QED) is 0.238. The van der Waals surface area contributed by atoms with Crippen LogP contribution < -0.4 is 0 Å². The molecule has 0 radical (unpaired) electrons. The molecule has 6 atom stereocenters. The number of nitrogens with zero attached hydrogens (tertiary/aromatic N) is 1. The van der Waals surface area contributed by atoms with Crippen molar-refractivity contribution in [2.24, 2.45) is 23.7 Å². The number of carbonyl (C=O) groups excluding carboxylic acids is 3. The second kappa shape index (κ2) is 9.02. The molecule has 0 aromatic heterocycles. The van der Waals surface area contributed by atoms with E-state index in [-0.39, 0.29) is 23.4 Å². The fraction of sp³-hybridized carbons (Fsp3) is 0.440. The Balaban J connectivity index is 0.00000336. The molecule has 2 aromatic carbocycles. The third-order valence-electron chi connectivity index (χ3n) is 7.61. The third kappa shape index (κ3) is 4.03. The topological polar surface area (TPSA) is 130 Å². The molecule has 0 N–H and O–H groups in total. The van der Waals surface area contributed by atoms with Gasteiger partial charge in [0, 0.05) is 12.0 Å². The Hall–Kier alpha value is -4.12. The van der Waals surface area contributed by atoms with Crippen LogP contribution in [-0.2, 0) is 29.2 Å². The number of benzene rings is 2. The monoisotopic (exact) mass is 802 g/mol. The van der Waals surface area contributed by atoms with Crippen molar-refractivity contribution in [3.8, 4) is 0 Å². The summed E-state index contributed by atoms with van der Waals surface area (Å²) in [5, 5.41) is -3.20. The first-order chi connectivity index (χ1) is 17.3. The Labute approximate surface area is 211 Å². The molecule has 9 nitrogen and oxygen atoms in total. The van der Waals surface area contributed by atoms with Crippen LogP contribution in [0.25, 0.3) is 10.8 Å². The van der Waals surface area contributed by atoms with Crippen molar-refractivity contribution in [1.29, 1.82) is 0 Å². The standard InChI is InChI=1S/C25H24F2NO8S.Rf/c1-12(2)28-20-16-10-17(19(18(16)22(28)29)24(31)35-11-25(26,27)37(32,33)34)21(20)36-23(30)15-8-7-13-5-3-4-6-14(13)9-15;/h3-9,11-12,16-21H,10H2,1-2H3,(H,32,33,34);/q-1;/p-1. The zero-order valence-electron chi connectivity index (χ0n) is 20.5. The van der Waals surface area contributed by atoms with Gasteiger partial charge >= 0.3 is 5.97 Å². The summed E-state index contributed by atoms with van der Waals surface area (Å²) < 4.78 is 69.7. The van der Waals surface area contributed by atoms with Crippen LogP contribution in [0.3, 0.4) is 0 Å². The molecule has 1 amide bonds. The van der Waals surface area contributed by atoms with Crippen LogP contribution in [0.4, 0.5) is 8.78 Å². The molecule has 0 spiro atoms. The van der Waals surface area contributed by atoms with Gasteiger partial charge in [-0.3, -0.25) is 9.59 Å². The van der Waals surface area contributed by atoms with E-state index in [0.717, 1.165) is 10.8 Å². The van der Waals surface area contributed by atoms with Crippen molar-refractivity contribution in [3.63, 3.8) is 0 Å². The van der Waals surface area contributed by atoms with Gasteiger partial charge < -0.3 is 18.9 Å². The van der Waals surface area contributed by atoms with E-state index in [1.807, 2.05) is 24.3 Å². The fourth-order valence-corrected chi connectivity index (χ4v) is 6.36. The summed E-state index contributed by atoms with van der Waals surface area (Å²) >= 11 is 0. The zero-order chi connectivity index (χ0) is 26.9. The van der Waals surface area contributed by atoms with Crippen LogP contribution in [0.1, 0.15) is 30.6 Å². The third-order valence-corrected chi connectivity index (χ3v) is 8.38. The van der Waals surface area contributed by atoms with E-state index in [1.165, 1.54) is 0 Å². The van der Waals surface area contributed by atoms with Gasteiger partial charge in [0.2, 0.25) is 5.91 Å². The predicted molar refractivity (Wildman–Crippen MR) is 123 cm³/mol. The number of alkyl halides is 2. The van der Waals surface area contributed by atoms with E-state index in [1.54, 1.807) is 36.9 Å². The Bertz CT molecular complexity index is 1400. The zero-order valence-corrected chi connectivity index (χ0v) is 27.7. The van der Waals surface area contributed by atoms with Crippen molar-refractivity contribution >= 4 is 38.7 Å². The van der Waals surface area contributed by atoms with E-state index in [2.05, 4.69) is 4.74 Å². The van der Waals surface area contributed by atoms with E-state index in [9.17, 15) is 36.1 Å². The van der Waals surface area contributed by atoms with Crippen molar-refractivity contribution in [3.05, 3.63) is 54.6 Å². The minimum absolute atomic E-state index is 0. The average molecular weight is 803 g/mol. The fourth-order valence-electron chi connectivity index (χ4n) is 6.20. The molecular formula is C25H23F2NO8RfS-2. The molecule has 2 aliphatic carbocycles. The SMILES string of the molecule is CC(C)N1C(=O)C2C3CC(C(OC(=O)c4ccc5ccccc5c4)C31)C2C(=O)O[CH-]C(F)(F)S(=O)(=O)[O-].[Rf]. The average Bonchev–Trinajstić information content (AvgIpc) is 3.44. The number of esters is 2. The largest absolute Gasteiger partial charge is 0.746 e. The van der Waals surface area contributed by atoms with Crippen LogP contribution in [0.15, 0.2) is 42.5 Å². The van der Waals surface area contributed by atoms with Gasteiger partial charge in [-0.25, -0.2) is 22.0 Å². The predicted octanol–water partition coefficient (Wildman–Crippen LogP) is 2.71. The van der Waals surface area contributed by atoms with Gasteiger partial charge in [-0.1, -0.05) is 36.9 Å². The molecule has 3 aliphatic rings. The molecule has 13 heteroatoms. The molecule has 38 heavy (non-hydrogen) atoms. The summed E-state index contributed by atoms with van der Waals surface area (Å²) in [6.07, 6.45) is -0.592. The maximum atomic E-state index is 13.6. The van der Waals surface area contributed by atoms with Gasteiger partial charge in [-0.15, -0.1) is 0 Å². The molecule has 3 fully saturated rings. The van der Waals surface area contributed by atoms with Gasteiger partial charge in [0.1, 0.15) is 16.2 Å².